The number of benzene rings is 1. The van der Waals surface area contributed by atoms with Gasteiger partial charge in [-0.1, -0.05) is 12.1 Å². The fraction of sp³-hybridized carbons (Fsp3) is 0.286. The maximum Gasteiger partial charge on any atom is 0.325 e. The fourth-order valence-corrected chi connectivity index (χ4v) is 4.27. The number of rotatable bonds is 4. The predicted molar refractivity (Wildman–Crippen MR) is 108 cm³/mol. The van der Waals surface area contributed by atoms with E-state index in [2.05, 4.69) is 10.3 Å². The molecule has 0 bridgehead atoms. The highest BCUT2D eigenvalue weighted by Crippen LogP contribution is 2.37. The number of carbonyl (C=O) groups is 2. The third-order valence-corrected chi connectivity index (χ3v) is 6.18. The standard InChI is InChI=1S/C21H19N3O5S/c1-12-14(22-18(29-12)17-4-3-9-30-17)11-24-19(25)21(2,23-20(24)26)13-5-6-15-16(10-13)28-8-7-27-15/h3-6,9-10H,7-8,11H2,1-2H3,(H,23,26). The zero-order chi connectivity index (χ0) is 20.9. The molecule has 30 heavy (non-hydrogen) atoms. The molecule has 4 heterocycles. The SMILES string of the molecule is Cc1oc(-c2cccs2)nc1CN1C(=O)NC(C)(c2ccc3c(c2)OCCO3)C1=O. The summed E-state index contributed by atoms with van der Waals surface area (Å²) < 4.78 is 16.9. The highest BCUT2D eigenvalue weighted by Gasteiger charge is 2.49. The van der Waals surface area contributed by atoms with Gasteiger partial charge in [-0.25, -0.2) is 9.78 Å². The Morgan fingerprint density at radius 1 is 1.20 bits per heavy atom. The Hall–Kier alpha value is -3.33. The van der Waals surface area contributed by atoms with Crippen molar-refractivity contribution in [2.75, 3.05) is 13.2 Å². The summed E-state index contributed by atoms with van der Waals surface area (Å²) in [7, 11) is 0. The molecular formula is C21H19N3O5S. The molecule has 154 valence electrons. The molecule has 1 unspecified atom stereocenters. The zero-order valence-electron chi connectivity index (χ0n) is 16.4. The van der Waals surface area contributed by atoms with Gasteiger partial charge in [-0.2, -0.15) is 0 Å². The van der Waals surface area contributed by atoms with Crippen LogP contribution in [0.15, 0.2) is 40.1 Å². The second-order valence-electron chi connectivity index (χ2n) is 7.30. The van der Waals surface area contributed by atoms with Crippen molar-refractivity contribution >= 4 is 23.3 Å². The van der Waals surface area contributed by atoms with Gasteiger partial charge in [0.25, 0.3) is 5.91 Å². The average molecular weight is 425 g/mol. The number of carbonyl (C=O) groups excluding carboxylic acids is 2. The molecule has 3 amide bonds. The predicted octanol–water partition coefficient (Wildman–Crippen LogP) is 3.45. The first-order valence-corrected chi connectivity index (χ1v) is 10.4. The number of fused-ring (bicyclic) bond motifs is 1. The Balaban J connectivity index is 1.42. The monoisotopic (exact) mass is 425 g/mol. The molecule has 9 heteroatoms. The van der Waals surface area contributed by atoms with Crippen LogP contribution in [0.4, 0.5) is 4.79 Å². The topological polar surface area (TPSA) is 93.9 Å². The Labute approximate surface area is 176 Å². The molecule has 2 aromatic heterocycles. The molecule has 2 aliphatic rings. The van der Waals surface area contributed by atoms with Gasteiger partial charge in [-0.05, 0) is 43.0 Å². The maximum absolute atomic E-state index is 13.3. The van der Waals surface area contributed by atoms with Crippen molar-refractivity contribution in [3.63, 3.8) is 0 Å². The summed E-state index contributed by atoms with van der Waals surface area (Å²) in [6.07, 6.45) is 0. The van der Waals surface area contributed by atoms with E-state index < -0.39 is 11.6 Å². The average Bonchev–Trinajstić information content (AvgIpc) is 3.45. The second kappa shape index (κ2) is 6.88. The van der Waals surface area contributed by atoms with E-state index >= 15 is 0 Å². The van der Waals surface area contributed by atoms with Crippen LogP contribution in [0.3, 0.4) is 0 Å². The molecule has 5 rings (SSSR count). The summed E-state index contributed by atoms with van der Waals surface area (Å²) in [5.41, 5.74) is -0.0294. The number of aryl methyl sites for hydroxylation is 1. The number of hydrogen-bond donors (Lipinski definition) is 1. The third kappa shape index (κ3) is 2.93. The lowest BCUT2D eigenvalue weighted by atomic mass is 9.91. The third-order valence-electron chi connectivity index (χ3n) is 5.33. The number of aromatic nitrogens is 1. The van der Waals surface area contributed by atoms with Crippen LogP contribution in [0.1, 0.15) is 23.9 Å². The van der Waals surface area contributed by atoms with Crippen molar-refractivity contribution in [1.82, 2.24) is 15.2 Å². The van der Waals surface area contributed by atoms with Crippen molar-refractivity contribution in [2.24, 2.45) is 0 Å². The number of urea groups is 1. The Bertz CT molecular complexity index is 1140. The van der Waals surface area contributed by atoms with Gasteiger partial charge in [0.1, 0.15) is 30.2 Å². The van der Waals surface area contributed by atoms with Crippen LogP contribution in [0, 0.1) is 6.92 Å². The number of oxazole rings is 1. The number of imide groups is 1. The van der Waals surface area contributed by atoms with Crippen LogP contribution >= 0.6 is 11.3 Å². The molecule has 1 aromatic carbocycles. The van der Waals surface area contributed by atoms with Crippen LogP contribution in [-0.2, 0) is 16.9 Å². The Morgan fingerprint density at radius 2 is 2.00 bits per heavy atom. The number of nitrogens with one attached hydrogen (secondary N) is 1. The van der Waals surface area contributed by atoms with Gasteiger partial charge in [0.2, 0.25) is 5.89 Å². The minimum Gasteiger partial charge on any atom is -0.486 e. The van der Waals surface area contributed by atoms with Crippen LogP contribution in [0.2, 0.25) is 0 Å². The lowest BCUT2D eigenvalue weighted by Crippen LogP contribution is -2.41. The summed E-state index contributed by atoms with van der Waals surface area (Å²) in [5, 5.41) is 4.75. The number of hydrogen-bond acceptors (Lipinski definition) is 7. The van der Waals surface area contributed by atoms with Gasteiger partial charge in [-0.15, -0.1) is 11.3 Å². The maximum atomic E-state index is 13.3. The van der Waals surface area contributed by atoms with Crippen molar-refractivity contribution < 1.29 is 23.5 Å². The first-order chi connectivity index (χ1) is 14.5. The number of thiophene rings is 1. The lowest BCUT2D eigenvalue weighted by molar-refractivity contribution is -0.131. The van der Waals surface area contributed by atoms with Crippen molar-refractivity contribution in [3.8, 4) is 22.3 Å². The van der Waals surface area contributed by atoms with Crippen LogP contribution in [0.5, 0.6) is 11.5 Å². The molecule has 2 aliphatic heterocycles. The highest BCUT2D eigenvalue weighted by molar-refractivity contribution is 7.13. The number of nitrogens with zero attached hydrogens (tertiary/aromatic N) is 2. The van der Waals surface area contributed by atoms with Gasteiger partial charge in [-0.3, -0.25) is 9.69 Å². The quantitative estimate of drug-likeness (QED) is 0.644. The second-order valence-corrected chi connectivity index (χ2v) is 8.25. The fourth-order valence-electron chi connectivity index (χ4n) is 3.62. The lowest BCUT2D eigenvalue weighted by Gasteiger charge is -2.25. The van der Waals surface area contributed by atoms with Gasteiger partial charge in [0.05, 0.1) is 11.4 Å². The first-order valence-electron chi connectivity index (χ1n) is 9.50. The zero-order valence-corrected chi connectivity index (χ0v) is 17.2. The molecule has 1 saturated heterocycles. The van der Waals surface area contributed by atoms with Crippen molar-refractivity contribution in [1.29, 1.82) is 0 Å². The van der Waals surface area contributed by atoms with Gasteiger partial charge < -0.3 is 19.2 Å². The molecule has 1 atom stereocenters. The van der Waals surface area contributed by atoms with Gasteiger partial charge >= 0.3 is 6.03 Å². The largest absolute Gasteiger partial charge is 0.486 e. The van der Waals surface area contributed by atoms with E-state index in [-0.39, 0.29) is 12.5 Å². The molecule has 0 radical (unpaired) electrons. The molecule has 0 saturated carbocycles. The van der Waals surface area contributed by atoms with E-state index in [0.29, 0.717) is 47.6 Å². The number of ether oxygens (including phenoxy) is 2. The van der Waals surface area contributed by atoms with Crippen LogP contribution < -0.4 is 14.8 Å². The summed E-state index contributed by atoms with van der Waals surface area (Å²) in [6.45, 7) is 4.42. The summed E-state index contributed by atoms with van der Waals surface area (Å²) in [4.78, 5) is 32.5. The minimum atomic E-state index is -1.21. The molecule has 3 aromatic rings. The first kappa shape index (κ1) is 18.7. The van der Waals surface area contributed by atoms with Gasteiger partial charge in [0, 0.05) is 0 Å². The summed E-state index contributed by atoms with van der Waals surface area (Å²) >= 11 is 1.51. The molecule has 1 fully saturated rings. The summed E-state index contributed by atoms with van der Waals surface area (Å²) in [6, 6.07) is 8.61. The normalized spacial score (nSPS) is 20.5. The Morgan fingerprint density at radius 3 is 2.77 bits per heavy atom. The molecule has 8 nitrogen and oxygen atoms in total. The van der Waals surface area contributed by atoms with E-state index in [4.69, 9.17) is 13.9 Å². The van der Waals surface area contributed by atoms with E-state index in [1.54, 1.807) is 32.0 Å². The molecule has 0 spiro atoms. The molecular weight excluding hydrogens is 406 g/mol. The van der Waals surface area contributed by atoms with Crippen LogP contribution in [0.25, 0.3) is 10.8 Å². The minimum absolute atomic E-state index is 0.0333. The smallest absolute Gasteiger partial charge is 0.325 e. The molecule has 0 aliphatic carbocycles. The van der Waals surface area contributed by atoms with Crippen molar-refractivity contribution in [3.05, 3.63) is 52.7 Å². The molecule has 1 N–H and O–H groups in total. The van der Waals surface area contributed by atoms with Crippen LogP contribution in [-0.4, -0.2) is 35.0 Å². The Kier molecular flexibility index (Phi) is 4.28. The van der Waals surface area contributed by atoms with E-state index in [0.717, 1.165) is 4.88 Å². The van der Waals surface area contributed by atoms with E-state index in [1.807, 2.05) is 17.5 Å². The van der Waals surface area contributed by atoms with E-state index in [1.165, 1.54) is 16.2 Å². The highest BCUT2D eigenvalue weighted by atomic mass is 32.1. The van der Waals surface area contributed by atoms with Crippen molar-refractivity contribution in [2.45, 2.75) is 25.9 Å². The summed E-state index contributed by atoms with van der Waals surface area (Å²) in [5.74, 6) is 1.89. The van der Waals surface area contributed by atoms with Gasteiger partial charge in [0.15, 0.2) is 11.5 Å². The van der Waals surface area contributed by atoms with E-state index in [9.17, 15) is 9.59 Å². The number of amides is 3.